The number of non-ortho nitro benzene ring substituents is 1. The summed E-state index contributed by atoms with van der Waals surface area (Å²) in [6, 6.07) is 12.8. The van der Waals surface area contributed by atoms with Gasteiger partial charge in [-0.25, -0.2) is 8.42 Å². The van der Waals surface area contributed by atoms with E-state index in [9.17, 15) is 18.5 Å². The maximum atomic E-state index is 12.8. The lowest BCUT2D eigenvalue weighted by Crippen LogP contribution is -2.15. The number of halogens is 1. The average Bonchev–Trinajstić information content (AvgIpc) is 2.70. The van der Waals surface area contributed by atoms with Crippen LogP contribution in [0.3, 0.4) is 0 Å². The van der Waals surface area contributed by atoms with Gasteiger partial charge >= 0.3 is 0 Å². The molecule has 29 heavy (non-hydrogen) atoms. The quantitative estimate of drug-likeness (QED) is 0.332. The van der Waals surface area contributed by atoms with Gasteiger partial charge in [0.1, 0.15) is 4.90 Å². The van der Waals surface area contributed by atoms with Gasteiger partial charge in [0.25, 0.3) is 15.7 Å². The standard InChI is InChI=1S/C18H14ClN5O4S/c19-14-1-3-15(4-2-14)23-29(27,28)18-11-16(24(25)26)5-6-17(18)22-21-12-13-7-9-20-10-8-13/h1-12,22-23H/b21-12-. The summed E-state index contributed by atoms with van der Waals surface area (Å²) >= 11 is 5.81. The summed E-state index contributed by atoms with van der Waals surface area (Å²) in [4.78, 5) is 14.0. The van der Waals surface area contributed by atoms with Crippen molar-refractivity contribution in [2.45, 2.75) is 4.90 Å². The molecule has 0 atom stereocenters. The maximum Gasteiger partial charge on any atom is 0.270 e. The second-order valence-corrected chi connectivity index (χ2v) is 7.79. The average molecular weight is 432 g/mol. The van der Waals surface area contributed by atoms with Gasteiger partial charge in [-0.2, -0.15) is 5.10 Å². The van der Waals surface area contributed by atoms with Gasteiger partial charge in [0.15, 0.2) is 0 Å². The molecule has 148 valence electrons. The van der Waals surface area contributed by atoms with Crippen LogP contribution in [0.4, 0.5) is 17.1 Å². The van der Waals surface area contributed by atoms with Crippen molar-refractivity contribution in [1.29, 1.82) is 0 Å². The van der Waals surface area contributed by atoms with E-state index in [0.717, 1.165) is 11.6 Å². The number of nitrogens with one attached hydrogen (secondary N) is 2. The molecular formula is C18H14ClN5O4S. The number of hydrogen-bond donors (Lipinski definition) is 2. The van der Waals surface area contributed by atoms with E-state index < -0.39 is 14.9 Å². The highest BCUT2D eigenvalue weighted by Gasteiger charge is 2.22. The molecule has 0 aliphatic carbocycles. The van der Waals surface area contributed by atoms with Gasteiger partial charge in [-0.05, 0) is 48.0 Å². The molecule has 3 rings (SSSR count). The van der Waals surface area contributed by atoms with Gasteiger partial charge in [0.05, 0.1) is 16.8 Å². The smallest absolute Gasteiger partial charge is 0.270 e. The van der Waals surface area contributed by atoms with Crippen LogP contribution < -0.4 is 10.1 Å². The molecule has 0 saturated heterocycles. The summed E-state index contributed by atoms with van der Waals surface area (Å²) in [7, 11) is -4.15. The molecule has 0 bridgehead atoms. The van der Waals surface area contributed by atoms with E-state index in [4.69, 9.17) is 11.6 Å². The van der Waals surface area contributed by atoms with Crippen LogP contribution in [0.2, 0.25) is 5.02 Å². The van der Waals surface area contributed by atoms with Gasteiger partial charge < -0.3 is 0 Å². The van der Waals surface area contributed by atoms with Gasteiger partial charge in [0, 0.05) is 35.2 Å². The fraction of sp³-hybridized carbons (Fsp3) is 0. The molecule has 0 aliphatic heterocycles. The molecule has 2 aromatic carbocycles. The Bertz CT molecular complexity index is 1150. The molecular weight excluding hydrogens is 418 g/mol. The predicted octanol–water partition coefficient (Wildman–Crippen LogP) is 3.89. The molecule has 0 aliphatic rings. The van der Waals surface area contributed by atoms with Crippen LogP contribution in [0, 0.1) is 10.1 Å². The molecule has 9 nitrogen and oxygen atoms in total. The highest BCUT2D eigenvalue weighted by atomic mass is 35.5. The van der Waals surface area contributed by atoms with E-state index in [1.807, 2.05) is 0 Å². The summed E-state index contributed by atoms with van der Waals surface area (Å²) in [5.74, 6) is 0. The number of rotatable bonds is 7. The van der Waals surface area contributed by atoms with Crippen LogP contribution >= 0.6 is 11.6 Å². The Morgan fingerprint density at radius 1 is 1.07 bits per heavy atom. The molecule has 0 fully saturated rings. The van der Waals surface area contributed by atoms with Crippen molar-refractivity contribution in [1.82, 2.24) is 4.98 Å². The number of sulfonamides is 1. The lowest BCUT2D eigenvalue weighted by Gasteiger charge is -2.12. The van der Waals surface area contributed by atoms with Crippen LogP contribution in [0.15, 0.2) is 77.0 Å². The predicted molar refractivity (Wildman–Crippen MR) is 111 cm³/mol. The molecule has 0 spiro atoms. The van der Waals surface area contributed by atoms with Crippen molar-refractivity contribution >= 4 is 44.9 Å². The molecule has 0 unspecified atom stereocenters. The van der Waals surface area contributed by atoms with E-state index in [1.165, 1.54) is 42.6 Å². The maximum absolute atomic E-state index is 12.8. The first kappa shape index (κ1) is 20.2. The summed E-state index contributed by atoms with van der Waals surface area (Å²) < 4.78 is 28.1. The lowest BCUT2D eigenvalue weighted by molar-refractivity contribution is -0.385. The van der Waals surface area contributed by atoms with Crippen molar-refractivity contribution in [2.24, 2.45) is 5.10 Å². The van der Waals surface area contributed by atoms with Crippen molar-refractivity contribution in [3.8, 4) is 0 Å². The van der Waals surface area contributed by atoms with Gasteiger partial charge in [0.2, 0.25) is 0 Å². The Morgan fingerprint density at radius 3 is 2.41 bits per heavy atom. The third-order valence-corrected chi connectivity index (χ3v) is 5.34. The van der Waals surface area contributed by atoms with E-state index >= 15 is 0 Å². The number of pyridine rings is 1. The number of nitrogens with zero attached hydrogens (tertiary/aromatic N) is 3. The number of hydrazone groups is 1. The minimum atomic E-state index is -4.15. The Morgan fingerprint density at radius 2 is 1.76 bits per heavy atom. The highest BCUT2D eigenvalue weighted by Crippen LogP contribution is 2.28. The zero-order chi connectivity index (χ0) is 20.9. The molecule has 1 aromatic heterocycles. The zero-order valence-electron chi connectivity index (χ0n) is 14.7. The minimum absolute atomic E-state index is 0.0716. The minimum Gasteiger partial charge on any atom is -0.280 e. The fourth-order valence-electron chi connectivity index (χ4n) is 2.29. The summed E-state index contributed by atoms with van der Waals surface area (Å²) in [6.45, 7) is 0. The molecule has 1 heterocycles. The number of nitro groups is 1. The van der Waals surface area contributed by atoms with Crippen LogP contribution in [0.1, 0.15) is 5.56 Å². The van der Waals surface area contributed by atoms with Crippen molar-refractivity contribution < 1.29 is 13.3 Å². The Balaban J connectivity index is 1.93. The molecule has 3 aromatic rings. The van der Waals surface area contributed by atoms with Gasteiger partial charge in [-0.15, -0.1) is 0 Å². The number of anilines is 2. The second-order valence-electron chi connectivity index (χ2n) is 5.70. The van der Waals surface area contributed by atoms with E-state index in [0.29, 0.717) is 5.02 Å². The third-order valence-electron chi connectivity index (χ3n) is 3.67. The molecule has 11 heteroatoms. The molecule has 0 saturated carbocycles. The summed E-state index contributed by atoms with van der Waals surface area (Å²) in [5, 5.41) is 15.5. The van der Waals surface area contributed by atoms with Crippen LogP contribution in [-0.2, 0) is 10.0 Å². The lowest BCUT2D eigenvalue weighted by atomic mass is 10.3. The Labute approximate surface area is 171 Å². The molecule has 2 N–H and O–H groups in total. The number of hydrogen-bond acceptors (Lipinski definition) is 7. The van der Waals surface area contributed by atoms with Crippen LogP contribution in [-0.4, -0.2) is 24.5 Å². The largest absolute Gasteiger partial charge is 0.280 e. The van der Waals surface area contributed by atoms with Crippen molar-refractivity contribution in [2.75, 3.05) is 10.1 Å². The van der Waals surface area contributed by atoms with Gasteiger partial charge in [-0.3, -0.25) is 25.2 Å². The van der Waals surface area contributed by atoms with E-state index in [-0.39, 0.29) is 22.0 Å². The Kier molecular flexibility index (Phi) is 6.05. The van der Waals surface area contributed by atoms with Crippen LogP contribution in [0.5, 0.6) is 0 Å². The first-order valence-corrected chi connectivity index (χ1v) is 9.97. The normalized spacial score (nSPS) is 11.3. The number of nitro benzene ring substituents is 1. The highest BCUT2D eigenvalue weighted by molar-refractivity contribution is 7.92. The van der Waals surface area contributed by atoms with E-state index in [1.54, 1.807) is 24.5 Å². The first-order valence-electron chi connectivity index (χ1n) is 8.11. The summed E-state index contributed by atoms with van der Waals surface area (Å²) in [6.07, 6.45) is 4.63. The topological polar surface area (TPSA) is 127 Å². The molecule has 0 amide bonds. The van der Waals surface area contributed by atoms with Crippen LogP contribution in [0.25, 0.3) is 0 Å². The fourth-order valence-corrected chi connectivity index (χ4v) is 3.65. The Hall–Kier alpha value is -3.50. The zero-order valence-corrected chi connectivity index (χ0v) is 16.3. The van der Waals surface area contributed by atoms with E-state index in [2.05, 4.69) is 20.2 Å². The monoisotopic (exact) mass is 431 g/mol. The third kappa shape index (κ3) is 5.27. The van der Waals surface area contributed by atoms with Gasteiger partial charge in [-0.1, -0.05) is 11.6 Å². The second kappa shape index (κ2) is 8.67. The SMILES string of the molecule is O=[N+]([O-])c1ccc(N/N=C\c2ccncc2)c(S(=O)(=O)Nc2ccc(Cl)cc2)c1. The van der Waals surface area contributed by atoms with Crippen molar-refractivity contribution in [3.63, 3.8) is 0 Å². The number of benzene rings is 2. The molecule has 0 radical (unpaired) electrons. The number of aromatic nitrogens is 1. The summed E-state index contributed by atoms with van der Waals surface area (Å²) in [5.41, 5.74) is 3.31. The van der Waals surface area contributed by atoms with Crippen molar-refractivity contribution in [3.05, 3.63) is 87.7 Å². The first-order chi connectivity index (χ1) is 13.8.